The van der Waals surface area contributed by atoms with Gasteiger partial charge in [0.1, 0.15) is 63.4 Å². The second kappa shape index (κ2) is 31.1. The van der Waals surface area contributed by atoms with Crippen LogP contribution in [-0.4, -0.2) is 165 Å². The third-order valence-corrected chi connectivity index (χ3v) is 20.1. The van der Waals surface area contributed by atoms with E-state index in [0.29, 0.717) is 61.5 Å². The Morgan fingerprint density at radius 3 is 1.46 bits per heavy atom. The number of aromatic nitrogens is 18. The molecule has 12 heterocycles. The van der Waals surface area contributed by atoms with Gasteiger partial charge in [0, 0.05) is 138 Å². The number of nitrogens with one attached hydrogen (secondary N) is 3. The highest BCUT2D eigenvalue weighted by molar-refractivity contribution is 5.97. The number of morpholine rings is 1. The van der Waals surface area contributed by atoms with E-state index in [4.69, 9.17) is 14.2 Å². The lowest BCUT2D eigenvalue weighted by Gasteiger charge is -2.32. The molecule has 1 unspecified atom stereocenters. The van der Waals surface area contributed by atoms with Crippen molar-refractivity contribution in [3.63, 3.8) is 0 Å². The van der Waals surface area contributed by atoms with Crippen molar-refractivity contribution in [2.45, 2.75) is 70.4 Å². The molecule has 3 aliphatic heterocycles. The lowest BCUT2D eigenvalue weighted by Crippen LogP contribution is -2.38. The molecule has 15 aromatic rings. The van der Waals surface area contributed by atoms with Gasteiger partial charge in [-0.3, -0.25) is 44.9 Å². The predicted octanol–water partition coefficient (Wildman–Crippen LogP) is 13.8. The second-order valence-corrected chi connectivity index (χ2v) is 26.9. The number of hydrogen-bond acceptors (Lipinski definition) is 18. The minimum atomic E-state index is -0.274. The topological polar surface area (TPSA) is 254 Å². The van der Waals surface area contributed by atoms with Crippen LogP contribution in [0.25, 0.3) is 94.7 Å². The van der Waals surface area contributed by atoms with Gasteiger partial charge in [-0.05, 0) is 160 Å². The van der Waals surface area contributed by atoms with Crippen LogP contribution >= 0.6 is 0 Å². The van der Waals surface area contributed by atoms with Gasteiger partial charge in [-0.15, -0.1) is 15.3 Å². The van der Waals surface area contributed by atoms with E-state index in [0.717, 1.165) is 152 Å². The van der Waals surface area contributed by atoms with Gasteiger partial charge >= 0.3 is 0 Å². The molecule has 0 saturated carbocycles. The Kier molecular flexibility index (Phi) is 20.0. The zero-order chi connectivity index (χ0) is 71.9. The molecule has 6 aromatic carbocycles. The molecule has 3 fully saturated rings. The molecule has 18 rings (SSSR count). The normalized spacial score (nSPS) is 16.6. The number of fused-ring (bicyclic) bond motifs is 3. The van der Waals surface area contributed by atoms with Crippen molar-refractivity contribution in [3.05, 3.63) is 247 Å². The Labute approximate surface area is 609 Å². The molecular formula is C80H77F2N21O3. The predicted molar refractivity (Wildman–Crippen MR) is 399 cm³/mol. The SMILES string of the molecule is COc1cccc(F)c1CN1CCC[C@@H](n2cc(-c3ccc4[nH]nc(-c5ccncc5)c4c3)nn2)C1.COc1cccc(F)c1CN1CCOC(c2cn(-c3ccc4[nH]nc(-c5ccncc5)c4c3)nn2)C1.Cc1ccccc1CN1CCC[C@@H](n2cc(-c3ccc4[nH]nc(-c5ccncc5)c4c3)nn2)C1. The Morgan fingerprint density at radius 2 is 0.953 bits per heavy atom. The molecule has 9 aromatic heterocycles. The highest BCUT2D eigenvalue weighted by Gasteiger charge is 2.29. The fourth-order valence-electron chi connectivity index (χ4n) is 14.5. The first-order valence-corrected chi connectivity index (χ1v) is 35.5. The number of rotatable bonds is 17. The quantitative estimate of drug-likeness (QED) is 0.0766. The number of piperidine rings is 2. The molecular weight excluding hydrogens is 1340 g/mol. The maximum absolute atomic E-state index is 14.5. The molecule has 3 saturated heterocycles. The summed E-state index contributed by atoms with van der Waals surface area (Å²) in [5, 5.41) is 52.7. The highest BCUT2D eigenvalue weighted by atomic mass is 19.1. The van der Waals surface area contributed by atoms with Gasteiger partial charge in [-0.2, -0.15) is 15.3 Å². The number of halogens is 2. The Bertz CT molecular complexity index is 5260. The summed E-state index contributed by atoms with van der Waals surface area (Å²) in [6.45, 7) is 9.69. The van der Waals surface area contributed by atoms with E-state index in [1.54, 1.807) is 80.3 Å². The molecule has 26 heteroatoms. The molecule has 3 atom stereocenters. The van der Waals surface area contributed by atoms with Gasteiger partial charge in [-0.25, -0.2) is 22.8 Å². The fraction of sp³-hybridized carbons (Fsp3) is 0.250. The van der Waals surface area contributed by atoms with Crippen LogP contribution in [0.1, 0.15) is 71.8 Å². The summed E-state index contributed by atoms with van der Waals surface area (Å²) >= 11 is 0. The molecule has 3 N–H and O–H groups in total. The van der Waals surface area contributed by atoms with Crippen molar-refractivity contribution >= 4 is 32.7 Å². The summed E-state index contributed by atoms with van der Waals surface area (Å²) in [6, 6.07) is 49.1. The minimum Gasteiger partial charge on any atom is -0.496 e. The third-order valence-electron chi connectivity index (χ3n) is 20.1. The van der Waals surface area contributed by atoms with E-state index in [1.807, 2.05) is 83.8 Å². The van der Waals surface area contributed by atoms with Crippen LogP contribution < -0.4 is 9.47 Å². The molecule has 0 bridgehead atoms. The average Bonchev–Trinajstić information content (AvgIpc) is 1.57. The molecule has 534 valence electrons. The van der Waals surface area contributed by atoms with Crippen molar-refractivity contribution < 1.29 is 23.0 Å². The molecule has 106 heavy (non-hydrogen) atoms. The van der Waals surface area contributed by atoms with Crippen LogP contribution in [0.4, 0.5) is 8.78 Å². The van der Waals surface area contributed by atoms with Gasteiger partial charge in [-0.1, -0.05) is 64.2 Å². The summed E-state index contributed by atoms with van der Waals surface area (Å²) in [5.41, 5.74) is 17.8. The standard InChI is InChI=1S/C27H26FN7O.C27H27N7.C26H24FN7O2/c1-36-26-6-2-5-23(28)22(26)16-34-13-3-4-20(15-34)35-17-25(31-33-35)19-7-8-24-21(14-19)27(32-30-24)18-9-11-29-12-10-18;1-19-5-2-3-6-22(19)16-33-14-4-7-23(17-33)34-18-26(30-32-34)21-8-9-25-24(15-21)27(31-29-25)20-10-12-28-13-11-20;1-35-24-4-2-3-21(27)20(24)14-33-11-12-36-25(16-33)23-15-34(32-30-23)18-5-6-22-19(13-18)26(31-29-22)17-7-9-28-10-8-17/h2,5-12,14,17,20H,3-4,13,15-16H2,1H3,(H,30,32);2-3,5-6,8-13,15,18,23H,4,7,14,16-17H2,1H3,(H,29,31);2-10,13,15,25H,11-12,14,16H2,1H3,(H,29,31)/t20-;23-;/m11./s1. The van der Waals surface area contributed by atoms with Gasteiger partial charge in [0.15, 0.2) is 0 Å². The number of nitrogens with zero attached hydrogens (tertiary/aromatic N) is 18. The highest BCUT2D eigenvalue weighted by Crippen LogP contribution is 2.36. The Hall–Kier alpha value is -12.1. The summed E-state index contributed by atoms with van der Waals surface area (Å²) in [4.78, 5) is 19.3. The number of pyridine rings is 3. The molecule has 0 spiro atoms. The summed E-state index contributed by atoms with van der Waals surface area (Å²) in [5.74, 6) is 0.620. The van der Waals surface area contributed by atoms with Crippen LogP contribution in [0.3, 0.4) is 0 Å². The molecule has 3 aliphatic rings. The smallest absolute Gasteiger partial charge is 0.131 e. The zero-order valence-corrected chi connectivity index (χ0v) is 58.8. The lowest BCUT2D eigenvalue weighted by atomic mass is 10.0. The van der Waals surface area contributed by atoms with E-state index in [1.165, 1.54) is 29.7 Å². The number of aromatic amines is 3. The number of likely N-dealkylation sites (tertiary alicyclic amines) is 2. The summed E-state index contributed by atoms with van der Waals surface area (Å²) in [6.07, 6.45) is 20.6. The maximum atomic E-state index is 14.5. The average molecular weight is 1420 g/mol. The number of methoxy groups -OCH3 is 2. The number of benzene rings is 6. The third kappa shape index (κ3) is 14.9. The second-order valence-electron chi connectivity index (χ2n) is 26.9. The molecule has 0 radical (unpaired) electrons. The molecule has 24 nitrogen and oxygen atoms in total. The Morgan fingerprint density at radius 1 is 0.472 bits per heavy atom. The first-order valence-electron chi connectivity index (χ1n) is 35.5. The van der Waals surface area contributed by atoms with Crippen molar-refractivity contribution in [2.75, 3.05) is 60.1 Å². The molecule has 0 amide bonds. The number of H-pyrrole nitrogens is 3. The zero-order valence-electron chi connectivity index (χ0n) is 58.8. The summed E-state index contributed by atoms with van der Waals surface area (Å²) < 4.78 is 51.4. The number of ether oxygens (including phenoxy) is 3. The minimum absolute atomic E-state index is 0.169. The fourth-order valence-corrected chi connectivity index (χ4v) is 14.5. The number of aryl methyl sites for hydroxylation is 1. The van der Waals surface area contributed by atoms with E-state index < -0.39 is 0 Å². The first kappa shape index (κ1) is 68.3. The monoisotopic (exact) mass is 1420 g/mol. The van der Waals surface area contributed by atoms with Gasteiger partial charge in [0.25, 0.3) is 0 Å². The van der Waals surface area contributed by atoms with Crippen molar-refractivity contribution in [2.24, 2.45) is 0 Å². The van der Waals surface area contributed by atoms with Crippen molar-refractivity contribution in [1.29, 1.82) is 0 Å². The largest absolute Gasteiger partial charge is 0.496 e. The van der Waals surface area contributed by atoms with Crippen molar-refractivity contribution in [3.8, 4) is 73.5 Å². The van der Waals surface area contributed by atoms with E-state index in [9.17, 15) is 8.78 Å². The maximum Gasteiger partial charge on any atom is 0.131 e. The van der Waals surface area contributed by atoms with Gasteiger partial charge < -0.3 is 14.2 Å². The Balaban J connectivity index is 0.000000122. The van der Waals surface area contributed by atoms with Crippen LogP contribution in [0.15, 0.2) is 207 Å². The van der Waals surface area contributed by atoms with Gasteiger partial charge in [0.05, 0.1) is 73.7 Å². The molecule has 0 aliphatic carbocycles. The van der Waals surface area contributed by atoms with Crippen molar-refractivity contribution in [1.82, 2.24) is 105 Å². The summed E-state index contributed by atoms with van der Waals surface area (Å²) in [7, 11) is 3.13. The van der Waals surface area contributed by atoms with Crippen LogP contribution in [0.5, 0.6) is 11.5 Å². The van der Waals surface area contributed by atoms with Gasteiger partial charge in [0.2, 0.25) is 0 Å². The van der Waals surface area contributed by atoms with E-state index in [2.05, 4.69) is 158 Å². The number of hydrogen-bond donors (Lipinski definition) is 3. The van der Waals surface area contributed by atoms with E-state index >= 15 is 0 Å². The van der Waals surface area contributed by atoms with Crippen LogP contribution in [-0.2, 0) is 24.4 Å². The lowest BCUT2D eigenvalue weighted by molar-refractivity contribution is -0.0354. The van der Waals surface area contributed by atoms with Crippen LogP contribution in [0.2, 0.25) is 0 Å². The first-order chi connectivity index (χ1) is 52.1. The van der Waals surface area contributed by atoms with Crippen LogP contribution in [0, 0.1) is 18.6 Å². The van der Waals surface area contributed by atoms with E-state index in [-0.39, 0.29) is 23.8 Å².